The molecule has 8 aromatic rings. The lowest BCUT2D eigenvalue weighted by Gasteiger charge is -2.05. The highest BCUT2D eigenvalue weighted by Gasteiger charge is 2.17. The van der Waals surface area contributed by atoms with Crippen LogP contribution in [0.4, 0.5) is 0 Å². The van der Waals surface area contributed by atoms with Crippen LogP contribution in [0.25, 0.3) is 76.4 Å². The van der Waals surface area contributed by atoms with Crippen molar-refractivity contribution >= 4 is 65.3 Å². The van der Waals surface area contributed by atoms with E-state index in [1.54, 1.807) is 0 Å². The molecule has 0 spiro atoms. The van der Waals surface area contributed by atoms with Crippen molar-refractivity contribution in [3.05, 3.63) is 109 Å². The van der Waals surface area contributed by atoms with E-state index in [1.165, 1.54) is 43.2 Å². The summed E-state index contributed by atoms with van der Waals surface area (Å²) >= 11 is 0. The smallest absolute Gasteiger partial charge is 0.143 e. The summed E-state index contributed by atoms with van der Waals surface area (Å²) in [5, 5.41) is 9.77. The van der Waals surface area contributed by atoms with Crippen molar-refractivity contribution < 1.29 is 4.42 Å². The molecule has 2 aromatic heterocycles. The zero-order valence-corrected chi connectivity index (χ0v) is 18.3. The van der Waals surface area contributed by atoms with Gasteiger partial charge in [-0.1, -0.05) is 103 Å². The second-order valence-electron chi connectivity index (χ2n) is 9.01. The molecule has 6 aromatic carbocycles. The van der Waals surface area contributed by atoms with Crippen LogP contribution in [-0.4, -0.2) is 4.98 Å². The van der Waals surface area contributed by atoms with Crippen molar-refractivity contribution in [3.63, 3.8) is 0 Å². The number of nitrogens with one attached hydrogen (secondary N) is 1. The molecular weight excluding hydrogens is 414 g/mol. The first-order valence-corrected chi connectivity index (χ1v) is 11.6. The number of benzene rings is 6. The maximum atomic E-state index is 6.53. The number of hydrogen-bond acceptors (Lipinski definition) is 1. The van der Waals surface area contributed by atoms with Crippen LogP contribution in [0.15, 0.2) is 114 Å². The molecule has 2 nitrogen and oxygen atoms in total. The van der Waals surface area contributed by atoms with Crippen LogP contribution in [0.3, 0.4) is 0 Å². The van der Waals surface area contributed by atoms with E-state index in [9.17, 15) is 0 Å². The van der Waals surface area contributed by atoms with E-state index >= 15 is 0 Å². The average Bonchev–Trinajstić information content (AvgIpc) is 3.47. The van der Waals surface area contributed by atoms with Crippen LogP contribution < -0.4 is 0 Å². The van der Waals surface area contributed by atoms with Gasteiger partial charge in [0.2, 0.25) is 0 Å². The lowest BCUT2D eigenvalue weighted by molar-refractivity contribution is 0.670. The summed E-state index contributed by atoms with van der Waals surface area (Å²) in [4.78, 5) is 3.77. The minimum Gasteiger partial charge on any atom is -0.455 e. The van der Waals surface area contributed by atoms with Gasteiger partial charge in [0.15, 0.2) is 0 Å². The van der Waals surface area contributed by atoms with Gasteiger partial charge in [0, 0.05) is 38.1 Å². The lowest BCUT2D eigenvalue weighted by Crippen LogP contribution is -1.81. The summed E-state index contributed by atoms with van der Waals surface area (Å²) in [5.41, 5.74) is 6.46. The number of hydrogen-bond donors (Lipinski definition) is 1. The zero-order valence-electron chi connectivity index (χ0n) is 18.3. The van der Waals surface area contributed by atoms with Crippen molar-refractivity contribution in [2.24, 2.45) is 0 Å². The fraction of sp³-hybridized carbons (Fsp3) is 0. The molecule has 0 atom stereocenters. The second kappa shape index (κ2) is 6.49. The Labute approximate surface area is 195 Å². The van der Waals surface area contributed by atoms with Crippen molar-refractivity contribution in [1.29, 1.82) is 0 Å². The van der Waals surface area contributed by atoms with Gasteiger partial charge in [-0.15, -0.1) is 0 Å². The lowest BCUT2D eigenvalue weighted by atomic mass is 9.98. The van der Waals surface area contributed by atoms with E-state index in [0.717, 1.165) is 33.2 Å². The highest BCUT2D eigenvalue weighted by Crippen LogP contribution is 2.42. The van der Waals surface area contributed by atoms with E-state index in [2.05, 4.69) is 114 Å². The minimum atomic E-state index is 0.927. The Morgan fingerprint density at radius 3 is 1.97 bits per heavy atom. The number of aromatic nitrogens is 1. The third kappa shape index (κ3) is 2.29. The molecule has 2 heterocycles. The predicted molar refractivity (Wildman–Crippen MR) is 144 cm³/mol. The van der Waals surface area contributed by atoms with Crippen molar-refractivity contribution in [3.8, 4) is 11.1 Å². The molecule has 1 N–H and O–H groups in total. The monoisotopic (exact) mass is 433 g/mol. The van der Waals surface area contributed by atoms with Crippen LogP contribution in [0.2, 0.25) is 0 Å². The summed E-state index contributed by atoms with van der Waals surface area (Å²) in [6, 6.07) is 38.8. The van der Waals surface area contributed by atoms with E-state index in [-0.39, 0.29) is 0 Å². The van der Waals surface area contributed by atoms with Gasteiger partial charge in [-0.2, -0.15) is 0 Å². The molecule has 0 bridgehead atoms. The van der Waals surface area contributed by atoms with E-state index < -0.39 is 0 Å². The first kappa shape index (κ1) is 17.9. The number of aromatic amines is 1. The maximum Gasteiger partial charge on any atom is 0.143 e. The quantitative estimate of drug-likeness (QED) is 0.275. The van der Waals surface area contributed by atoms with Crippen LogP contribution in [0, 0.1) is 0 Å². The van der Waals surface area contributed by atoms with Gasteiger partial charge in [0.25, 0.3) is 0 Å². The number of rotatable bonds is 1. The molecule has 34 heavy (non-hydrogen) atoms. The van der Waals surface area contributed by atoms with Gasteiger partial charge < -0.3 is 9.40 Å². The zero-order chi connectivity index (χ0) is 22.2. The maximum absolute atomic E-state index is 6.53. The topological polar surface area (TPSA) is 28.9 Å². The molecular formula is C32H19NO. The van der Waals surface area contributed by atoms with E-state index in [1.807, 2.05) is 0 Å². The Kier molecular flexibility index (Phi) is 3.42. The Bertz CT molecular complexity index is 2060. The predicted octanol–water partition coefficient (Wildman–Crippen LogP) is 9.19. The fourth-order valence-corrected chi connectivity index (χ4v) is 5.67. The highest BCUT2D eigenvalue weighted by atomic mass is 16.3. The summed E-state index contributed by atoms with van der Waals surface area (Å²) in [6.45, 7) is 0. The summed E-state index contributed by atoms with van der Waals surface area (Å²) in [5.74, 6) is 0. The number of H-pyrrole nitrogens is 1. The first-order chi connectivity index (χ1) is 16.9. The average molecular weight is 434 g/mol. The van der Waals surface area contributed by atoms with Gasteiger partial charge >= 0.3 is 0 Å². The van der Waals surface area contributed by atoms with Crippen molar-refractivity contribution in [2.75, 3.05) is 0 Å². The number of furan rings is 1. The molecule has 0 fully saturated rings. The molecule has 0 amide bonds. The SMILES string of the molecule is c1ccc2c(c1)ccc1c3cccc(-c4cccc5c4oc4ccc6ccccc6c45)c3[nH]c21. The Hall–Kier alpha value is -4.56. The normalized spacial score (nSPS) is 12.1. The third-order valence-corrected chi connectivity index (χ3v) is 7.21. The van der Waals surface area contributed by atoms with Crippen LogP contribution >= 0.6 is 0 Å². The summed E-state index contributed by atoms with van der Waals surface area (Å²) < 4.78 is 6.53. The van der Waals surface area contributed by atoms with Crippen molar-refractivity contribution in [1.82, 2.24) is 4.98 Å². The van der Waals surface area contributed by atoms with E-state index in [4.69, 9.17) is 4.42 Å². The summed E-state index contributed by atoms with van der Waals surface area (Å²) in [7, 11) is 0. The number of fused-ring (bicyclic) bond motifs is 10. The molecule has 2 heteroatoms. The van der Waals surface area contributed by atoms with Crippen molar-refractivity contribution in [2.45, 2.75) is 0 Å². The largest absolute Gasteiger partial charge is 0.455 e. The van der Waals surface area contributed by atoms with Crippen LogP contribution in [-0.2, 0) is 0 Å². The van der Waals surface area contributed by atoms with E-state index in [0.29, 0.717) is 0 Å². The van der Waals surface area contributed by atoms with Gasteiger partial charge in [0.1, 0.15) is 11.2 Å². The minimum absolute atomic E-state index is 0.927. The molecule has 0 saturated heterocycles. The molecule has 0 saturated carbocycles. The molecule has 0 aliphatic carbocycles. The third-order valence-electron chi connectivity index (χ3n) is 7.21. The molecule has 0 unspecified atom stereocenters. The Morgan fingerprint density at radius 2 is 1.09 bits per heavy atom. The Balaban J connectivity index is 1.49. The van der Waals surface area contributed by atoms with Crippen LogP contribution in [0.5, 0.6) is 0 Å². The summed E-state index contributed by atoms with van der Waals surface area (Å²) in [6.07, 6.45) is 0. The second-order valence-corrected chi connectivity index (χ2v) is 9.01. The van der Waals surface area contributed by atoms with Gasteiger partial charge in [0.05, 0.1) is 11.0 Å². The number of para-hydroxylation sites is 2. The Morgan fingerprint density at radius 1 is 0.441 bits per heavy atom. The van der Waals surface area contributed by atoms with Crippen LogP contribution in [0.1, 0.15) is 0 Å². The highest BCUT2D eigenvalue weighted by molar-refractivity contribution is 6.23. The first-order valence-electron chi connectivity index (χ1n) is 11.6. The molecule has 0 aliphatic rings. The van der Waals surface area contributed by atoms with Gasteiger partial charge in [-0.05, 0) is 22.2 Å². The van der Waals surface area contributed by atoms with Gasteiger partial charge in [-0.25, -0.2) is 0 Å². The van der Waals surface area contributed by atoms with Gasteiger partial charge in [-0.3, -0.25) is 0 Å². The fourth-order valence-electron chi connectivity index (χ4n) is 5.67. The molecule has 0 aliphatic heterocycles. The molecule has 158 valence electrons. The molecule has 0 radical (unpaired) electrons. The molecule has 8 rings (SSSR count). The standard InChI is InChI=1S/C32H19NO/c1-3-9-21-19(7-1)16-18-28-29(21)27-14-6-13-26(32(27)34-28)24-12-5-11-23-25-17-15-20-8-2-4-10-22(20)30(25)33-31(23)24/h1-18,33H.